The highest BCUT2D eigenvalue weighted by molar-refractivity contribution is 9.10. The van der Waals surface area contributed by atoms with Crippen molar-refractivity contribution < 1.29 is 5.11 Å². The molecule has 0 bridgehead atoms. The lowest BCUT2D eigenvalue weighted by atomic mass is 10.0. The molecule has 5 heteroatoms. The molecule has 1 aliphatic rings. The van der Waals surface area contributed by atoms with E-state index in [1.165, 1.54) is 6.42 Å². The van der Waals surface area contributed by atoms with Crippen molar-refractivity contribution >= 4 is 27.5 Å². The second-order valence-corrected chi connectivity index (χ2v) is 6.39. The maximum Gasteiger partial charge on any atom is 0.0474 e. The van der Waals surface area contributed by atoms with Gasteiger partial charge in [0.2, 0.25) is 0 Å². The van der Waals surface area contributed by atoms with Crippen molar-refractivity contribution in [3.8, 4) is 0 Å². The number of nitrogens with one attached hydrogen (secondary N) is 1. The Morgan fingerprint density at radius 3 is 2.89 bits per heavy atom. The number of nitrogens with two attached hydrogens (primary N) is 1. The van der Waals surface area contributed by atoms with E-state index in [2.05, 4.69) is 21.2 Å². The molecule has 0 saturated heterocycles. The molecule has 2 rings (SSSR count). The van der Waals surface area contributed by atoms with Gasteiger partial charge in [-0.25, -0.2) is 0 Å². The molecular formula is C14H20BrClN2O. The van der Waals surface area contributed by atoms with Crippen LogP contribution in [0.3, 0.4) is 0 Å². The summed E-state index contributed by atoms with van der Waals surface area (Å²) in [6.45, 7) is 0.769. The number of benzene rings is 1. The highest BCUT2D eigenvalue weighted by atomic mass is 79.9. The van der Waals surface area contributed by atoms with E-state index < -0.39 is 0 Å². The Morgan fingerprint density at radius 1 is 1.47 bits per heavy atom. The van der Waals surface area contributed by atoms with Gasteiger partial charge in [0, 0.05) is 34.7 Å². The van der Waals surface area contributed by atoms with Crippen molar-refractivity contribution in [3.05, 3.63) is 33.3 Å². The molecule has 19 heavy (non-hydrogen) atoms. The van der Waals surface area contributed by atoms with E-state index in [9.17, 15) is 5.11 Å². The van der Waals surface area contributed by atoms with Crippen molar-refractivity contribution in [2.45, 2.75) is 31.3 Å². The first-order valence-corrected chi connectivity index (χ1v) is 7.84. The van der Waals surface area contributed by atoms with Gasteiger partial charge in [-0.2, -0.15) is 0 Å². The minimum absolute atomic E-state index is 0.0868. The molecule has 0 aromatic heterocycles. The van der Waals surface area contributed by atoms with Gasteiger partial charge in [0.15, 0.2) is 0 Å². The molecule has 1 saturated carbocycles. The average Bonchev–Trinajstić information content (AvgIpc) is 2.84. The van der Waals surface area contributed by atoms with Crippen LogP contribution in [0, 0.1) is 5.92 Å². The molecule has 106 valence electrons. The van der Waals surface area contributed by atoms with E-state index in [0.29, 0.717) is 23.5 Å². The number of halogens is 2. The molecule has 1 aromatic carbocycles. The fourth-order valence-corrected chi connectivity index (χ4v) is 3.76. The Hall–Kier alpha value is -0.130. The highest BCUT2D eigenvalue weighted by Crippen LogP contribution is 2.30. The second-order valence-electron chi connectivity index (χ2n) is 5.10. The zero-order valence-corrected chi connectivity index (χ0v) is 13.1. The van der Waals surface area contributed by atoms with Gasteiger partial charge in [-0.15, -0.1) is 0 Å². The summed E-state index contributed by atoms with van der Waals surface area (Å²) < 4.78 is 0.974. The Labute approximate surface area is 127 Å². The Kier molecular flexibility index (Phi) is 5.66. The smallest absolute Gasteiger partial charge is 0.0474 e. The molecule has 0 aliphatic heterocycles. The minimum Gasteiger partial charge on any atom is -0.396 e. The summed E-state index contributed by atoms with van der Waals surface area (Å²) in [5.74, 6) is 0.347. The van der Waals surface area contributed by atoms with Crippen molar-refractivity contribution in [1.29, 1.82) is 0 Å². The molecule has 1 aliphatic carbocycles. The van der Waals surface area contributed by atoms with Crippen LogP contribution in [0.2, 0.25) is 5.02 Å². The topological polar surface area (TPSA) is 58.3 Å². The van der Waals surface area contributed by atoms with E-state index >= 15 is 0 Å². The van der Waals surface area contributed by atoms with Gasteiger partial charge in [0.25, 0.3) is 0 Å². The van der Waals surface area contributed by atoms with Gasteiger partial charge in [-0.05, 0) is 36.5 Å². The summed E-state index contributed by atoms with van der Waals surface area (Å²) in [4.78, 5) is 0. The number of hydrogen-bond donors (Lipinski definition) is 3. The van der Waals surface area contributed by atoms with E-state index in [4.69, 9.17) is 17.3 Å². The SMILES string of the molecule is NCC(NC1CCCC1CO)c1ccc(Cl)cc1Br. The third kappa shape index (κ3) is 3.70. The molecular weight excluding hydrogens is 328 g/mol. The van der Waals surface area contributed by atoms with Gasteiger partial charge >= 0.3 is 0 Å². The predicted octanol–water partition coefficient (Wildman–Crippen LogP) is 2.85. The summed E-state index contributed by atoms with van der Waals surface area (Å²) in [6, 6.07) is 6.20. The van der Waals surface area contributed by atoms with E-state index in [1.807, 2.05) is 18.2 Å². The van der Waals surface area contributed by atoms with Crippen molar-refractivity contribution in [3.63, 3.8) is 0 Å². The van der Waals surface area contributed by atoms with Gasteiger partial charge in [-0.1, -0.05) is 40.0 Å². The lowest BCUT2D eigenvalue weighted by molar-refractivity contribution is 0.199. The van der Waals surface area contributed by atoms with E-state index in [0.717, 1.165) is 22.9 Å². The van der Waals surface area contributed by atoms with Gasteiger partial charge < -0.3 is 16.2 Å². The molecule has 1 aromatic rings. The van der Waals surface area contributed by atoms with Crippen molar-refractivity contribution in [1.82, 2.24) is 5.32 Å². The van der Waals surface area contributed by atoms with Gasteiger partial charge in [0.1, 0.15) is 0 Å². The molecule has 0 spiro atoms. The fraction of sp³-hybridized carbons (Fsp3) is 0.571. The first kappa shape index (κ1) is 15.3. The Balaban J connectivity index is 2.11. The number of hydrogen-bond acceptors (Lipinski definition) is 3. The highest BCUT2D eigenvalue weighted by Gasteiger charge is 2.28. The summed E-state index contributed by atoms with van der Waals surface area (Å²) in [5.41, 5.74) is 7.02. The third-order valence-electron chi connectivity index (χ3n) is 3.88. The number of aliphatic hydroxyl groups excluding tert-OH is 1. The van der Waals surface area contributed by atoms with Crippen LogP contribution in [0.25, 0.3) is 0 Å². The Bertz CT molecular complexity index is 430. The molecule has 0 radical (unpaired) electrons. The van der Waals surface area contributed by atoms with E-state index in [-0.39, 0.29) is 12.6 Å². The summed E-state index contributed by atoms with van der Waals surface area (Å²) in [5, 5.41) is 13.7. The van der Waals surface area contributed by atoms with E-state index in [1.54, 1.807) is 0 Å². The Morgan fingerprint density at radius 2 is 2.26 bits per heavy atom. The quantitative estimate of drug-likeness (QED) is 0.767. The first-order valence-electron chi connectivity index (χ1n) is 6.67. The van der Waals surface area contributed by atoms with Crippen LogP contribution in [-0.4, -0.2) is 24.3 Å². The lowest BCUT2D eigenvalue weighted by Gasteiger charge is -2.26. The number of rotatable bonds is 5. The molecule has 1 fully saturated rings. The van der Waals surface area contributed by atoms with Gasteiger partial charge in [-0.3, -0.25) is 0 Å². The number of aliphatic hydroxyl groups is 1. The minimum atomic E-state index is 0.0868. The monoisotopic (exact) mass is 346 g/mol. The zero-order chi connectivity index (χ0) is 13.8. The third-order valence-corrected chi connectivity index (χ3v) is 4.80. The largest absolute Gasteiger partial charge is 0.396 e. The zero-order valence-electron chi connectivity index (χ0n) is 10.8. The van der Waals surface area contributed by atoms with Crippen LogP contribution in [0.15, 0.2) is 22.7 Å². The average molecular weight is 348 g/mol. The maximum absolute atomic E-state index is 9.39. The summed E-state index contributed by atoms with van der Waals surface area (Å²) in [7, 11) is 0. The fourth-order valence-electron chi connectivity index (χ4n) is 2.80. The van der Waals surface area contributed by atoms with Crippen LogP contribution >= 0.6 is 27.5 Å². The van der Waals surface area contributed by atoms with Crippen molar-refractivity contribution in [2.75, 3.05) is 13.2 Å². The maximum atomic E-state index is 9.39. The molecule has 3 atom stereocenters. The predicted molar refractivity (Wildman–Crippen MR) is 82.3 cm³/mol. The van der Waals surface area contributed by atoms with Crippen molar-refractivity contribution in [2.24, 2.45) is 11.7 Å². The summed E-state index contributed by atoms with van der Waals surface area (Å²) >= 11 is 9.51. The molecule has 0 heterocycles. The molecule has 0 amide bonds. The summed E-state index contributed by atoms with van der Waals surface area (Å²) in [6.07, 6.45) is 3.36. The standard InChI is InChI=1S/C14H20BrClN2O/c15-12-6-10(16)4-5-11(12)14(7-17)18-13-3-1-2-9(13)8-19/h4-6,9,13-14,18-19H,1-3,7-8,17H2. The normalized spacial score (nSPS) is 24.6. The van der Waals surface area contributed by atoms with Crippen LogP contribution in [0.4, 0.5) is 0 Å². The first-order chi connectivity index (χ1) is 9.15. The van der Waals surface area contributed by atoms with Crippen LogP contribution in [0.5, 0.6) is 0 Å². The second kappa shape index (κ2) is 7.04. The van der Waals surface area contributed by atoms with Crippen LogP contribution < -0.4 is 11.1 Å². The molecule has 3 nitrogen and oxygen atoms in total. The molecule has 3 unspecified atom stereocenters. The van der Waals surface area contributed by atoms with Gasteiger partial charge in [0.05, 0.1) is 0 Å². The molecule has 4 N–H and O–H groups in total. The van der Waals surface area contributed by atoms with Crippen LogP contribution in [0.1, 0.15) is 30.9 Å². The van der Waals surface area contributed by atoms with Crippen LogP contribution in [-0.2, 0) is 0 Å². The lowest BCUT2D eigenvalue weighted by Crippen LogP contribution is -2.40.